The molecule has 0 N–H and O–H groups in total. The second-order valence-corrected chi connectivity index (χ2v) is 7.34. The van der Waals surface area contributed by atoms with Crippen LogP contribution in [0.3, 0.4) is 0 Å². The molecule has 2 nitrogen and oxygen atoms in total. The van der Waals surface area contributed by atoms with Crippen LogP contribution in [0.15, 0.2) is 0 Å². The predicted octanol–water partition coefficient (Wildman–Crippen LogP) is 2.62. The van der Waals surface area contributed by atoms with Gasteiger partial charge in [0.05, 0.1) is 5.75 Å². The minimum atomic E-state index is -2.78. The van der Waals surface area contributed by atoms with Crippen molar-refractivity contribution in [2.75, 3.05) is 11.5 Å². The van der Waals surface area contributed by atoms with Gasteiger partial charge in [0.25, 0.3) is 0 Å². The van der Waals surface area contributed by atoms with Crippen molar-refractivity contribution < 1.29 is 8.42 Å². The second kappa shape index (κ2) is 6.02. The maximum atomic E-state index is 11.3. The number of hydrogen-bond acceptors (Lipinski definition) is 2. The van der Waals surface area contributed by atoms with Gasteiger partial charge >= 0.3 is 0 Å². The molecule has 0 aromatic heterocycles. The van der Waals surface area contributed by atoms with E-state index in [0.29, 0.717) is 22.3 Å². The van der Waals surface area contributed by atoms with E-state index in [1.165, 1.54) is 0 Å². The summed E-state index contributed by atoms with van der Waals surface area (Å²) in [6, 6.07) is 0. The highest BCUT2D eigenvalue weighted by Crippen LogP contribution is 2.16. The average molecular weight is 271 g/mol. The zero-order valence-electron chi connectivity index (χ0n) is 8.59. The summed E-state index contributed by atoms with van der Waals surface area (Å²) < 4.78 is 22.7. The van der Waals surface area contributed by atoms with Crippen molar-refractivity contribution in [1.29, 1.82) is 0 Å². The Morgan fingerprint density at radius 3 is 2.15 bits per heavy atom. The third-order valence-electron chi connectivity index (χ3n) is 2.18. The third-order valence-corrected chi connectivity index (χ3v) is 4.97. The highest BCUT2D eigenvalue weighted by atomic mass is 79.9. The van der Waals surface area contributed by atoms with Crippen LogP contribution in [0.4, 0.5) is 0 Å². The highest BCUT2D eigenvalue weighted by Gasteiger charge is 2.14. The molecule has 4 heteroatoms. The minimum absolute atomic E-state index is 0.330. The van der Waals surface area contributed by atoms with Crippen LogP contribution < -0.4 is 0 Å². The SMILES string of the molecule is CCCS(=O)(=O)CCC(C)C(C)Br. The van der Waals surface area contributed by atoms with E-state index >= 15 is 0 Å². The quantitative estimate of drug-likeness (QED) is 0.696. The Morgan fingerprint density at radius 1 is 1.23 bits per heavy atom. The van der Waals surface area contributed by atoms with Gasteiger partial charge < -0.3 is 0 Å². The fourth-order valence-electron chi connectivity index (χ4n) is 1.01. The summed E-state index contributed by atoms with van der Waals surface area (Å²) in [7, 11) is -2.78. The van der Waals surface area contributed by atoms with E-state index in [1.807, 2.05) is 6.92 Å². The Balaban J connectivity index is 3.88. The molecule has 0 rings (SSSR count). The lowest BCUT2D eigenvalue weighted by Gasteiger charge is -2.13. The fraction of sp³-hybridized carbons (Fsp3) is 1.00. The van der Waals surface area contributed by atoms with Crippen LogP contribution in [-0.2, 0) is 9.84 Å². The molecule has 0 fully saturated rings. The first-order valence-corrected chi connectivity index (χ1v) is 7.47. The molecule has 0 aliphatic heterocycles. The Labute approximate surface area is 90.2 Å². The van der Waals surface area contributed by atoms with Crippen molar-refractivity contribution in [1.82, 2.24) is 0 Å². The molecule has 0 amide bonds. The molecular formula is C9H19BrO2S. The molecule has 0 heterocycles. The molecule has 2 atom stereocenters. The first-order valence-electron chi connectivity index (χ1n) is 4.73. The summed E-state index contributed by atoms with van der Waals surface area (Å²) in [6.45, 7) is 6.02. The standard InChI is InChI=1S/C9H19BrO2S/c1-4-6-13(11,12)7-5-8(2)9(3)10/h8-9H,4-7H2,1-3H3. The van der Waals surface area contributed by atoms with E-state index in [4.69, 9.17) is 0 Å². The second-order valence-electron chi connectivity index (χ2n) is 3.60. The molecular weight excluding hydrogens is 252 g/mol. The van der Waals surface area contributed by atoms with Crippen LogP contribution in [0.25, 0.3) is 0 Å². The maximum absolute atomic E-state index is 11.3. The van der Waals surface area contributed by atoms with Gasteiger partial charge in [0, 0.05) is 10.6 Å². The smallest absolute Gasteiger partial charge is 0.150 e. The first-order chi connectivity index (χ1) is 5.89. The Bertz CT molecular complexity index is 222. The van der Waals surface area contributed by atoms with Crippen LogP contribution >= 0.6 is 15.9 Å². The van der Waals surface area contributed by atoms with Crippen molar-refractivity contribution >= 4 is 25.8 Å². The van der Waals surface area contributed by atoms with E-state index in [9.17, 15) is 8.42 Å². The van der Waals surface area contributed by atoms with Gasteiger partial charge in [-0.15, -0.1) is 0 Å². The van der Waals surface area contributed by atoms with Crippen LogP contribution in [-0.4, -0.2) is 24.8 Å². The zero-order valence-corrected chi connectivity index (χ0v) is 11.0. The normalized spacial score (nSPS) is 16.9. The van der Waals surface area contributed by atoms with Crippen molar-refractivity contribution in [3.05, 3.63) is 0 Å². The number of halogens is 1. The molecule has 0 radical (unpaired) electrons. The summed E-state index contributed by atoms with van der Waals surface area (Å²) in [5.74, 6) is 1.08. The van der Waals surface area contributed by atoms with Gasteiger partial charge in [-0.05, 0) is 18.8 Å². The van der Waals surface area contributed by atoms with Gasteiger partial charge in [0.1, 0.15) is 9.84 Å². The fourth-order valence-corrected chi connectivity index (χ4v) is 2.83. The van der Waals surface area contributed by atoms with Gasteiger partial charge in [0.15, 0.2) is 0 Å². The summed E-state index contributed by atoms with van der Waals surface area (Å²) in [5.41, 5.74) is 0. The molecule has 0 aliphatic carbocycles. The van der Waals surface area contributed by atoms with E-state index < -0.39 is 9.84 Å². The maximum Gasteiger partial charge on any atom is 0.150 e. The largest absolute Gasteiger partial charge is 0.229 e. The predicted molar refractivity (Wildman–Crippen MR) is 61.1 cm³/mol. The van der Waals surface area contributed by atoms with E-state index in [2.05, 4.69) is 29.8 Å². The zero-order chi connectivity index (χ0) is 10.5. The highest BCUT2D eigenvalue weighted by molar-refractivity contribution is 9.09. The van der Waals surface area contributed by atoms with Crippen molar-refractivity contribution in [2.45, 2.75) is 38.4 Å². The van der Waals surface area contributed by atoms with E-state index in [1.54, 1.807) is 0 Å². The number of alkyl halides is 1. The Kier molecular flexibility index (Phi) is 6.21. The molecule has 0 bridgehead atoms. The Morgan fingerprint density at radius 2 is 1.77 bits per heavy atom. The molecule has 2 unspecified atom stereocenters. The third kappa shape index (κ3) is 6.49. The van der Waals surface area contributed by atoms with Crippen LogP contribution in [0.5, 0.6) is 0 Å². The van der Waals surface area contributed by atoms with Gasteiger partial charge in [-0.1, -0.05) is 36.7 Å². The van der Waals surface area contributed by atoms with Crippen molar-refractivity contribution in [3.63, 3.8) is 0 Å². The van der Waals surface area contributed by atoms with Gasteiger partial charge in [0.2, 0.25) is 0 Å². The van der Waals surface area contributed by atoms with Crippen LogP contribution in [0.2, 0.25) is 0 Å². The molecule has 0 aliphatic rings. The topological polar surface area (TPSA) is 34.1 Å². The molecule has 80 valence electrons. The molecule has 0 aromatic rings. The average Bonchev–Trinajstić information content (AvgIpc) is 2.00. The molecule has 0 saturated carbocycles. The number of sulfone groups is 1. The minimum Gasteiger partial charge on any atom is -0.229 e. The molecule has 0 saturated heterocycles. The Hall–Kier alpha value is 0.430. The lowest BCUT2D eigenvalue weighted by molar-refractivity contribution is 0.546. The van der Waals surface area contributed by atoms with Gasteiger partial charge in [-0.3, -0.25) is 0 Å². The summed E-state index contributed by atoms with van der Waals surface area (Å²) in [6.07, 6.45) is 1.48. The molecule has 0 aromatic carbocycles. The molecule has 0 spiro atoms. The monoisotopic (exact) mass is 270 g/mol. The lowest BCUT2D eigenvalue weighted by atomic mass is 10.1. The van der Waals surface area contributed by atoms with Gasteiger partial charge in [-0.2, -0.15) is 0 Å². The summed E-state index contributed by atoms with van der Waals surface area (Å²) >= 11 is 3.45. The van der Waals surface area contributed by atoms with Crippen LogP contribution in [0.1, 0.15) is 33.6 Å². The number of rotatable bonds is 6. The van der Waals surface area contributed by atoms with Crippen molar-refractivity contribution in [2.24, 2.45) is 5.92 Å². The van der Waals surface area contributed by atoms with Crippen LogP contribution in [0, 0.1) is 5.92 Å². The molecule has 13 heavy (non-hydrogen) atoms. The summed E-state index contributed by atoms with van der Waals surface area (Å²) in [4.78, 5) is 0.393. The van der Waals surface area contributed by atoms with E-state index in [0.717, 1.165) is 12.8 Å². The van der Waals surface area contributed by atoms with E-state index in [-0.39, 0.29) is 0 Å². The number of hydrogen-bond donors (Lipinski definition) is 0. The first kappa shape index (κ1) is 13.4. The lowest BCUT2D eigenvalue weighted by Crippen LogP contribution is -2.16. The van der Waals surface area contributed by atoms with Gasteiger partial charge in [-0.25, -0.2) is 8.42 Å². The summed E-state index contributed by atoms with van der Waals surface area (Å²) in [5, 5.41) is 0. The van der Waals surface area contributed by atoms with Crippen molar-refractivity contribution in [3.8, 4) is 0 Å².